The lowest BCUT2D eigenvalue weighted by Crippen LogP contribution is -2.33. The van der Waals surface area contributed by atoms with E-state index in [9.17, 15) is 14.7 Å². The average molecular weight is 627 g/mol. The summed E-state index contributed by atoms with van der Waals surface area (Å²) >= 11 is 15.8. The number of aliphatic hydroxyl groups is 1. The SMILES string of the molecule is C=CCN/C(=C/Cl)n1nc(Br)cc1C(=O)Nc1c(Br)cc(Br)cc1C(=O)NC(C)O. The van der Waals surface area contributed by atoms with Crippen LogP contribution in [-0.4, -0.2) is 39.5 Å². The van der Waals surface area contributed by atoms with E-state index >= 15 is 0 Å². The minimum absolute atomic E-state index is 0.147. The number of anilines is 1. The van der Waals surface area contributed by atoms with Crippen molar-refractivity contribution < 1.29 is 14.7 Å². The zero-order valence-corrected chi connectivity index (χ0v) is 21.1. The molecule has 0 aliphatic heterocycles. The van der Waals surface area contributed by atoms with E-state index < -0.39 is 18.0 Å². The second-order valence-electron chi connectivity index (χ2n) is 5.84. The summed E-state index contributed by atoms with van der Waals surface area (Å²) in [6.45, 7) is 5.44. The van der Waals surface area contributed by atoms with E-state index in [-0.39, 0.29) is 16.9 Å². The van der Waals surface area contributed by atoms with Crippen molar-refractivity contribution in [2.75, 3.05) is 11.9 Å². The van der Waals surface area contributed by atoms with Crippen LogP contribution in [0.4, 0.5) is 5.69 Å². The Bertz CT molecular complexity index is 1010. The van der Waals surface area contributed by atoms with Gasteiger partial charge in [0.05, 0.1) is 11.3 Å². The second-order valence-corrected chi connectivity index (χ2v) is 8.64. The Labute approximate surface area is 203 Å². The molecule has 0 saturated heterocycles. The number of aromatic nitrogens is 2. The molecule has 4 N–H and O–H groups in total. The van der Waals surface area contributed by atoms with E-state index in [0.717, 1.165) is 0 Å². The lowest BCUT2D eigenvalue weighted by molar-refractivity contribution is 0.0819. The maximum atomic E-state index is 13.1. The van der Waals surface area contributed by atoms with Crippen molar-refractivity contribution in [3.05, 3.63) is 61.2 Å². The zero-order chi connectivity index (χ0) is 22.4. The fourth-order valence-electron chi connectivity index (χ4n) is 2.36. The van der Waals surface area contributed by atoms with Gasteiger partial charge in [0, 0.05) is 27.1 Å². The Morgan fingerprint density at radius 1 is 1.30 bits per heavy atom. The molecule has 12 heteroatoms. The summed E-state index contributed by atoms with van der Waals surface area (Å²) in [6, 6.07) is 4.71. The van der Waals surface area contributed by atoms with Crippen molar-refractivity contribution >= 4 is 82.7 Å². The number of hydrogen-bond donors (Lipinski definition) is 4. The largest absolute Gasteiger partial charge is 0.374 e. The van der Waals surface area contributed by atoms with Crippen LogP contribution in [0.1, 0.15) is 27.8 Å². The van der Waals surface area contributed by atoms with Crippen molar-refractivity contribution in [3.63, 3.8) is 0 Å². The van der Waals surface area contributed by atoms with Crippen LogP contribution in [0.5, 0.6) is 0 Å². The van der Waals surface area contributed by atoms with Crippen LogP contribution in [0.25, 0.3) is 5.82 Å². The molecule has 1 atom stereocenters. The predicted molar refractivity (Wildman–Crippen MR) is 127 cm³/mol. The lowest BCUT2D eigenvalue weighted by Gasteiger charge is -2.16. The average Bonchev–Trinajstić information content (AvgIpc) is 3.05. The molecule has 0 radical (unpaired) electrons. The molecule has 1 unspecified atom stereocenters. The second kappa shape index (κ2) is 11.1. The van der Waals surface area contributed by atoms with Crippen molar-refractivity contribution in [1.82, 2.24) is 20.4 Å². The molecular weight excluding hydrogens is 609 g/mol. The van der Waals surface area contributed by atoms with Gasteiger partial charge in [-0.05, 0) is 50.9 Å². The Hall–Kier alpha value is -1.66. The van der Waals surface area contributed by atoms with Gasteiger partial charge in [-0.25, -0.2) is 4.68 Å². The molecule has 1 heterocycles. The predicted octanol–water partition coefficient (Wildman–Crippen LogP) is 4.26. The summed E-state index contributed by atoms with van der Waals surface area (Å²) in [5, 5.41) is 21.8. The Morgan fingerprint density at radius 3 is 2.60 bits per heavy atom. The fourth-order valence-corrected chi connectivity index (χ4v) is 4.23. The Balaban J connectivity index is 2.44. The molecule has 0 bridgehead atoms. The van der Waals surface area contributed by atoms with E-state index in [1.807, 2.05) is 0 Å². The van der Waals surface area contributed by atoms with Gasteiger partial charge in [-0.2, -0.15) is 5.10 Å². The monoisotopic (exact) mass is 623 g/mol. The number of aliphatic hydroxyl groups excluding tert-OH is 1. The minimum atomic E-state index is -1.07. The summed E-state index contributed by atoms with van der Waals surface area (Å²) in [5.41, 5.74) is 1.77. The quantitative estimate of drug-likeness (QED) is 0.259. The molecule has 1 aromatic heterocycles. The van der Waals surface area contributed by atoms with Crippen LogP contribution in [0.2, 0.25) is 0 Å². The summed E-state index contributed by atoms with van der Waals surface area (Å²) in [7, 11) is 0. The van der Waals surface area contributed by atoms with Crippen molar-refractivity contribution in [2.24, 2.45) is 0 Å². The molecule has 1 aromatic carbocycles. The molecule has 2 rings (SSSR count). The topological polar surface area (TPSA) is 108 Å². The van der Waals surface area contributed by atoms with Gasteiger partial charge in [0.25, 0.3) is 11.8 Å². The molecule has 30 heavy (non-hydrogen) atoms. The van der Waals surface area contributed by atoms with Crippen molar-refractivity contribution in [3.8, 4) is 0 Å². The first-order valence-corrected chi connectivity index (χ1v) is 11.2. The first-order valence-electron chi connectivity index (χ1n) is 8.38. The standard InChI is InChI=1S/C18H17Br3ClN5O3/c1-3-4-23-15(8-22)27-13(7-14(21)26-27)18(30)25-16-11(17(29)24-9(2)28)5-10(19)6-12(16)20/h3,5-9,23,28H,1,4H2,2H3,(H,24,29)(H,25,30)/b15-8-. The number of nitrogens with one attached hydrogen (secondary N) is 3. The van der Waals surface area contributed by atoms with Gasteiger partial charge < -0.3 is 21.1 Å². The molecule has 0 aliphatic carbocycles. The van der Waals surface area contributed by atoms with E-state index in [1.54, 1.807) is 12.1 Å². The van der Waals surface area contributed by atoms with Gasteiger partial charge in [0.1, 0.15) is 22.3 Å². The van der Waals surface area contributed by atoms with E-state index in [4.69, 9.17) is 11.6 Å². The number of halogens is 4. The summed E-state index contributed by atoms with van der Waals surface area (Å²) in [4.78, 5) is 25.6. The van der Waals surface area contributed by atoms with Crippen LogP contribution >= 0.6 is 59.4 Å². The number of carbonyl (C=O) groups excluding carboxylic acids is 2. The van der Waals surface area contributed by atoms with Crippen LogP contribution in [-0.2, 0) is 0 Å². The molecule has 0 aliphatic rings. The van der Waals surface area contributed by atoms with Gasteiger partial charge in [-0.1, -0.05) is 33.6 Å². The normalized spacial score (nSPS) is 12.3. The Kier molecular flexibility index (Phi) is 9.10. The molecular formula is C18H17Br3ClN5O3. The van der Waals surface area contributed by atoms with Crippen molar-refractivity contribution in [2.45, 2.75) is 13.2 Å². The number of hydrogen-bond acceptors (Lipinski definition) is 5. The van der Waals surface area contributed by atoms with Crippen molar-refractivity contribution in [1.29, 1.82) is 0 Å². The van der Waals surface area contributed by atoms with E-state index in [0.29, 0.717) is 25.9 Å². The smallest absolute Gasteiger partial charge is 0.274 e. The van der Waals surface area contributed by atoms with Crippen LogP contribution < -0.4 is 16.0 Å². The van der Waals surface area contributed by atoms with Crippen LogP contribution in [0, 0.1) is 0 Å². The summed E-state index contributed by atoms with van der Waals surface area (Å²) in [6.07, 6.45) is 0.563. The highest BCUT2D eigenvalue weighted by Crippen LogP contribution is 2.31. The zero-order valence-electron chi connectivity index (χ0n) is 15.5. The third kappa shape index (κ3) is 6.17. The summed E-state index contributed by atoms with van der Waals surface area (Å²) < 4.78 is 2.80. The number of nitrogens with zero attached hydrogens (tertiary/aromatic N) is 2. The highest BCUT2D eigenvalue weighted by atomic mass is 79.9. The molecule has 0 saturated carbocycles. The van der Waals surface area contributed by atoms with E-state index in [1.165, 1.54) is 29.3 Å². The first-order chi connectivity index (χ1) is 14.2. The molecule has 2 amide bonds. The highest BCUT2D eigenvalue weighted by molar-refractivity contribution is 9.11. The third-order valence-corrected chi connectivity index (χ3v) is 5.23. The maximum absolute atomic E-state index is 13.1. The number of carbonyl (C=O) groups is 2. The third-order valence-electron chi connectivity index (χ3n) is 3.55. The molecule has 8 nitrogen and oxygen atoms in total. The molecule has 2 aromatic rings. The van der Waals surface area contributed by atoms with Gasteiger partial charge >= 0.3 is 0 Å². The first kappa shape index (κ1) is 24.6. The minimum Gasteiger partial charge on any atom is -0.374 e. The molecule has 160 valence electrons. The van der Waals surface area contributed by atoms with Gasteiger partial charge in [-0.15, -0.1) is 6.58 Å². The number of benzene rings is 1. The van der Waals surface area contributed by atoms with Gasteiger partial charge in [0.15, 0.2) is 0 Å². The number of amides is 2. The van der Waals surface area contributed by atoms with E-state index in [2.05, 4.69) is 75.4 Å². The van der Waals surface area contributed by atoms with Crippen LogP contribution in [0.3, 0.4) is 0 Å². The lowest BCUT2D eigenvalue weighted by atomic mass is 10.1. The van der Waals surface area contributed by atoms with Gasteiger partial charge in [0.2, 0.25) is 0 Å². The highest BCUT2D eigenvalue weighted by Gasteiger charge is 2.22. The number of rotatable bonds is 8. The van der Waals surface area contributed by atoms with Crippen LogP contribution in [0.15, 0.2) is 49.9 Å². The fraction of sp³-hybridized carbons (Fsp3) is 0.167. The Morgan fingerprint density at radius 2 is 2.00 bits per heavy atom. The molecule has 0 spiro atoms. The molecule has 0 fully saturated rings. The van der Waals surface area contributed by atoms with Gasteiger partial charge in [-0.3, -0.25) is 9.59 Å². The maximum Gasteiger partial charge on any atom is 0.274 e. The summed E-state index contributed by atoms with van der Waals surface area (Å²) in [5.74, 6) is -0.751.